The summed E-state index contributed by atoms with van der Waals surface area (Å²) in [7, 11) is 1.55. The van der Waals surface area contributed by atoms with Gasteiger partial charge in [0.2, 0.25) is 11.8 Å². The first kappa shape index (κ1) is 23.9. The van der Waals surface area contributed by atoms with E-state index in [0.29, 0.717) is 28.4 Å². The predicted molar refractivity (Wildman–Crippen MR) is 132 cm³/mol. The highest BCUT2D eigenvalue weighted by molar-refractivity contribution is 8.00. The fourth-order valence-corrected chi connectivity index (χ4v) is 3.79. The molecule has 0 aliphatic heterocycles. The van der Waals surface area contributed by atoms with Crippen LogP contribution >= 0.6 is 11.8 Å². The summed E-state index contributed by atoms with van der Waals surface area (Å²) in [6.45, 7) is 3.26. The highest BCUT2D eigenvalue weighted by Crippen LogP contribution is 2.26. The van der Waals surface area contributed by atoms with Gasteiger partial charge in [-0.2, -0.15) is 0 Å². The highest BCUT2D eigenvalue weighted by Gasteiger charge is 2.15. The third-order valence-electron chi connectivity index (χ3n) is 4.60. The van der Waals surface area contributed by atoms with E-state index in [4.69, 9.17) is 4.74 Å². The Labute approximate surface area is 196 Å². The summed E-state index contributed by atoms with van der Waals surface area (Å²) in [5.74, 6) is 0.0993. The standard InChI is InChI=1S/C25H25N3O4S/c1-16(24(30)27-20-9-7-19(8-10-20)26-17(2)29)33-23-13-11-21(12-14-23)28-25(31)18-5-4-6-22(15-18)32-3/h4-16H,1-3H3,(H,26,29)(H,27,30)(H,28,31). The molecule has 1 unspecified atom stereocenters. The van der Waals surface area contributed by atoms with Gasteiger partial charge in [0.15, 0.2) is 0 Å². The maximum absolute atomic E-state index is 12.5. The molecule has 0 saturated carbocycles. The molecule has 3 rings (SSSR count). The molecule has 3 N–H and O–H groups in total. The van der Waals surface area contributed by atoms with Crippen molar-refractivity contribution in [3.8, 4) is 5.75 Å². The summed E-state index contributed by atoms with van der Waals surface area (Å²) in [4.78, 5) is 37.0. The molecular weight excluding hydrogens is 438 g/mol. The van der Waals surface area contributed by atoms with Crippen LogP contribution in [0.15, 0.2) is 77.7 Å². The van der Waals surface area contributed by atoms with E-state index in [2.05, 4.69) is 16.0 Å². The largest absolute Gasteiger partial charge is 0.497 e. The summed E-state index contributed by atoms with van der Waals surface area (Å²) < 4.78 is 5.15. The second-order valence-electron chi connectivity index (χ2n) is 7.22. The van der Waals surface area contributed by atoms with Crippen LogP contribution in [0.2, 0.25) is 0 Å². The molecule has 1 atom stereocenters. The lowest BCUT2D eigenvalue weighted by atomic mass is 10.2. The number of methoxy groups -OCH3 is 1. The molecule has 3 amide bonds. The van der Waals surface area contributed by atoms with E-state index in [0.717, 1.165) is 4.90 Å². The van der Waals surface area contributed by atoms with Gasteiger partial charge in [0.25, 0.3) is 5.91 Å². The van der Waals surface area contributed by atoms with E-state index in [1.165, 1.54) is 18.7 Å². The van der Waals surface area contributed by atoms with Crippen molar-refractivity contribution in [2.24, 2.45) is 0 Å². The molecule has 0 spiro atoms. The van der Waals surface area contributed by atoms with E-state index < -0.39 is 0 Å². The lowest BCUT2D eigenvalue weighted by Crippen LogP contribution is -2.22. The molecule has 0 heterocycles. The number of carbonyl (C=O) groups is 3. The van der Waals surface area contributed by atoms with Gasteiger partial charge in [-0.15, -0.1) is 11.8 Å². The third kappa shape index (κ3) is 7.11. The van der Waals surface area contributed by atoms with Gasteiger partial charge in [-0.25, -0.2) is 0 Å². The van der Waals surface area contributed by atoms with Gasteiger partial charge in [0.1, 0.15) is 5.75 Å². The first-order valence-electron chi connectivity index (χ1n) is 10.2. The number of anilines is 3. The molecule has 3 aromatic carbocycles. The van der Waals surface area contributed by atoms with Crippen LogP contribution in [0, 0.1) is 0 Å². The van der Waals surface area contributed by atoms with E-state index in [9.17, 15) is 14.4 Å². The first-order valence-corrected chi connectivity index (χ1v) is 11.1. The molecule has 33 heavy (non-hydrogen) atoms. The SMILES string of the molecule is COc1cccc(C(=O)Nc2ccc(SC(C)C(=O)Nc3ccc(NC(C)=O)cc3)cc2)c1. The van der Waals surface area contributed by atoms with E-state index in [-0.39, 0.29) is 23.0 Å². The van der Waals surface area contributed by atoms with Crippen LogP contribution in [0.5, 0.6) is 5.75 Å². The summed E-state index contributed by atoms with van der Waals surface area (Å²) in [6.07, 6.45) is 0. The Morgan fingerprint density at radius 2 is 1.39 bits per heavy atom. The van der Waals surface area contributed by atoms with Crippen LogP contribution in [0.3, 0.4) is 0 Å². The van der Waals surface area contributed by atoms with Crippen LogP contribution in [0.1, 0.15) is 24.2 Å². The Morgan fingerprint density at radius 1 is 0.818 bits per heavy atom. The fraction of sp³-hybridized carbons (Fsp3) is 0.160. The highest BCUT2D eigenvalue weighted by atomic mass is 32.2. The quantitative estimate of drug-likeness (QED) is 0.408. The van der Waals surface area contributed by atoms with Crippen molar-refractivity contribution in [1.29, 1.82) is 0 Å². The van der Waals surface area contributed by atoms with Crippen LogP contribution in [0.25, 0.3) is 0 Å². The van der Waals surface area contributed by atoms with Crippen LogP contribution in [0.4, 0.5) is 17.1 Å². The van der Waals surface area contributed by atoms with Gasteiger partial charge in [-0.3, -0.25) is 14.4 Å². The number of hydrogen-bond donors (Lipinski definition) is 3. The minimum absolute atomic E-state index is 0.136. The van der Waals surface area contributed by atoms with Crippen LogP contribution < -0.4 is 20.7 Å². The van der Waals surface area contributed by atoms with Crippen LogP contribution in [-0.4, -0.2) is 30.1 Å². The molecule has 0 aliphatic carbocycles. The van der Waals surface area contributed by atoms with Gasteiger partial charge in [0.05, 0.1) is 12.4 Å². The van der Waals surface area contributed by atoms with Crippen molar-refractivity contribution in [3.63, 3.8) is 0 Å². The van der Waals surface area contributed by atoms with Crippen molar-refractivity contribution in [3.05, 3.63) is 78.4 Å². The summed E-state index contributed by atoms with van der Waals surface area (Å²) >= 11 is 1.41. The molecular formula is C25H25N3O4S. The molecule has 0 saturated heterocycles. The third-order valence-corrected chi connectivity index (χ3v) is 5.71. The minimum atomic E-state index is -0.336. The Kier molecular flexibility index (Phi) is 8.10. The minimum Gasteiger partial charge on any atom is -0.497 e. The monoisotopic (exact) mass is 463 g/mol. The average Bonchev–Trinajstić information content (AvgIpc) is 2.81. The first-order chi connectivity index (χ1) is 15.8. The van der Waals surface area contributed by atoms with Crippen molar-refractivity contribution < 1.29 is 19.1 Å². The number of rotatable bonds is 8. The zero-order valence-electron chi connectivity index (χ0n) is 18.5. The summed E-state index contributed by atoms with van der Waals surface area (Å²) in [6, 6.07) is 21.2. The Balaban J connectivity index is 1.53. The van der Waals surface area contributed by atoms with Crippen molar-refractivity contribution in [2.45, 2.75) is 24.0 Å². The van der Waals surface area contributed by atoms with Crippen molar-refractivity contribution in [1.82, 2.24) is 0 Å². The van der Waals surface area contributed by atoms with E-state index in [1.54, 1.807) is 67.8 Å². The molecule has 0 radical (unpaired) electrons. The summed E-state index contributed by atoms with van der Waals surface area (Å²) in [5, 5.41) is 8.07. The Morgan fingerprint density at radius 3 is 2.00 bits per heavy atom. The molecule has 8 heteroatoms. The van der Waals surface area contributed by atoms with Gasteiger partial charge in [0, 0.05) is 34.4 Å². The second-order valence-corrected chi connectivity index (χ2v) is 8.63. The molecule has 0 aliphatic rings. The Hall–Kier alpha value is -3.78. The van der Waals surface area contributed by atoms with E-state index in [1.807, 2.05) is 19.1 Å². The second kappa shape index (κ2) is 11.2. The number of benzene rings is 3. The maximum Gasteiger partial charge on any atom is 0.255 e. The maximum atomic E-state index is 12.5. The summed E-state index contributed by atoms with van der Waals surface area (Å²) in [5.41, 5.74) is 2.48. The predicted octanol–water partition coefficient (Wildman–Crippen LogP) is 5.03. The van der Waals surface area contributed by atoms with Gasteiger partial charge >= 0.3 is 0 Å². The van der Waals surface area contributed by atoms with Crippen molar-refractivity contribution >= 4 is 46.5 Å². The number of amides is 3. The zero-order valence-corrected chi connectivity index (χ0v) is 19.4. The van der Waals surface area contributed by atoms with Gasteiger partial charge in [-0.05, 0) is 73.7 Å². The average molecular weight is 464 g/mol. The van der Waals surface area contributed by atoms with E-state index >= 15 is 0 Å². The molecule has 170 valence electrons. The molecule has 7 nitrogen and oxygen atoms in total. The van der Waals surface area contributed by atoms with Crippen LogP contribution in [-0.2, 0) is 9.59 Å². The topological polar surface area (TPSA) is 96.5 Å². The normalized spacial score (nSPS) is 11.2. The smallest absolute Gasteiger partial charge is 0.255 e. The molecule has 0 aromatic heterocycles. The number of ether oxygens (including phenoxy) is 1. The number of nitrogens with one attached hydrogen (secondary N) is 3. The zero-order chi connectivity index (χ0) is 23.8. The molecule has 3 aromatic rings. The number of hydrogen-bond acceptors (Lipinski definition) is 5. The van der Waals surface area contributed by atoms with Crippen molar-refractivity contribution in [2.75, 3.05) is 23.1 Å². The fourth-order valence-electron chi connectivity index (χ4n) is 2.93. The molecule has 0 fully saturated rings. The van der Waals surface area contributed by atoms with Gasteiger partial charge in [-0.1, -0.05) is 6.07 Å². The van der Waals surface area contributed by atoms with Gasteiger partial charge < -0.3 is 20.7 Å². The number of carbonyl (C=O) groups excluding carboxylic acids is 3. The lowest BCUT2D eigenvalue weighted by Gasteiger charge is -2.13. The molecule has 0 bridgehead atoms. The number of thioether (sulfide) groups is 1. The lowest BCUT2D eigenvalue weighted by molar-refractivity contribution is -0.115. The Bertz CT molecular complexity index is 1130.